The molecule has 0 aromatic heterocycles. The fourth-order valence-electron chi connectivity index (χ4n) is 3.56. The number of amides is 2. The number of thioether (sulfide) groups is 1. The summed E-state index contributed by atoms with van der Waals surface area (Å²) in [6.45, 7) is 2.72. The van der Waals surface area contributed by atoms with E-state index in [2.05, 4.69) is 0 Å². The number of rotatable bonds is 8. The van der Waals surface area contributed by atoms with Crippen LogP contribution in [0.2, 0.25) is 5.02 Å². The minimum atomic E-state index is -0.464. The largest absolute Gasteiger partial charge is 0.493 e. The first-order valence-corrected chi connectivity index (χ1v) is 11.8. The molecule has 170 valence electrons. The smallest absolute Gasteiger partial charge is 0.289 e. The van der Waals surface area contributed by atoms with E-state index in [0.29, 0.717) is 29.5 Å². The van der Waals surface area contributed by atoms with Gasteiger partial charge in [0, 0.05) is 5.02 Å². The molecule has 5 nitrogen and oxygen atoms in total. The molecule has 0 unspecified atom stereocenters. The van der Waals surface area contributed by atoms with Crippen molar-refractivity contribution in [2.24, 2.45) is 0 Å². The number of aryl methyl sites for hydroxylation is 1. The first kappa shape index (κ1) is 23.2. The van der Waals surface area contributed by atoms with Crippen molar-refractivity contribution >= 4 is 34.5 Å². The number of methoxy groups -OCH3 is 1. The van der Waals surface area contributed by atoms with Gasteiger partial charge in [-0.2, -0.15) is 0 Å². The van der Waals surface area contributed by atoms with E-state index in [4.69, 9.17) is 21.1 Å². The number of halogens is 1. The normalized spacial score (nSPS) is 15.7. The maximum atomic E-state index is 12.9. The maximum absolute atomic E-state index is 12.9. The summed E-state index contributed by atoms with van der Waals surface area (Å²) in [5, 5.41) is -0.0795. The number of benzene rings is 3. The Labute approximate surface area is 202 Å². The number of ether oxygens (including phenoxy) is 2. The third kappa shape index (κ3) is 5.70. The molecule has 33 heavy (non-hydrogen) atoms. The van der Waals surface area contributed by atoms with Gasteiger partial charge in [-0.05, 0) is 54.3 Å². The molecular formula is C26H24ClNO4S. The Kier molecular flexibility index (Phi) is 7.26. The lowest BCUT2D eigenvalue weighted by atomic mass is 10.1. The van der Waals surface area contributed by atoms with Gasteiger partial charge in [0.25, 0.3) is 5.24 Å². The minimum Gasteiger partial charge on any atom is -0.493 e. The number of hydrogen-bond donors (Lipinski definition) is 0. The first-order chi connectivity index (χ1) is 15.9. The van der Waals surface area contributed by atoms with E-state index < -0.39 is 5.25 Å². The molecule has 0 N–H and O–H groups in total. The summed E-state index contributed by atoms with van der Waals surface area (Å²) in [4.78, 5) is 26.7. The van der Waals surface area contributed by atoms with Crippen LogP contribution in [0.4, 0.5) is 4.79 Å². The van der Waals surface area contributed by atoms with Crippen molar-refractivity contribution in [2.75, 3.05) is 7.11 Å². The molecule has 1 aliphatic rings. The molecule has 1 fully saturated rings. The standard InChI is InChI=1S/C26H24ClNO4S/c1-17-3-5-19(6-4-17)16-32-22-12-9-20(13-23(22)31-2)14-24-25(29)28(26(30)33-24)15-18-7-10-21(27)11-8-18/h3-13,24H,14-16H2,1-2H3/t24-/m1/s1. The number of nitrogens with zero attached hydrogens (tertiary/aromatic N) is 1. The van der Waals surface area contributed by atoms with Gasteiger partial charge >= 0.3 is 0 Å². The average molecular weight is 482 g/mol. The molecular weight excluding hydrogens is 458 g/mol. The van der Waals surface area contributed by atoms with Crippen molar-refractivity contribution < 1.29 is 19.1 Å². The predicted molar refractivity (Wildman–Crippen MR) is 131 cm³/mol. The molecule has 0 saturated carbocycles. The van der Waals surface area contributed by atoms with Gasteiger partial charge in [0.05, 0.1) is 18.9 Å². The number of imide groups is 1. The molecule has 0 aliphatic carbocycles. The van der Waals surface area contributed by atoms with E-state index in [1.165, 1.54) is 10.5 Å². The summed E-state index contributed by atoms with van der Waals surface area (Å²) in [7, 11) is 1.59. The molecule has 2 amide bonds. The lowest BCUT2D eigenvalue weighted by molar-refractivity contribution is -0.127. The summed E-state index contributed by atoms with van der Waals surface area (Å²) in [5.74, 6) is 1.05. The zero-order chi connectivity index (χ0) is 23.4. The van der Waals surface area contributed by atoms with Crippen molar-refractivity contribution in [1.29, 1.82) is 0 Å². The van der Waals surface area contributed by atoms with E-state index in [1.54, 1.807) is 19.2 Å². The van der Waals surface area contributed by atoms with E-state index in [0.717, 1.165) is 28.5 Å². The van der Waals surface area contributed by atoms with Crippen LogP contribution in [-0.2, 0) is 24.4 Å². The fraction of sp³-hybridized carbons (Fsp3) is 0.231. The Morgan fingerprint density at radius 3 is 2.27 bits per heavy atom. The van der Waals surface area contributed by atoms with Crippen LogP contribution in [0.15, 0.2) is 66.7 Å². The Balaban J connectivity index is 1.40. The highest BCUT2D eigenvalue weighted by atomic mass is 35.5. The number of carbonyl (C=O) groups excluding carboxylic acids is 2. The quantitative estimate of drug-likeness (QED) is 0.392. The highest BCUT2D eigenvalue weighted by Crippen LogP contribution is 2.34. The van der Waals surface area contributed by atoms with Crippen LogP contribution in [0.1, 0.15) is 22.3 Å². The third-order valence-electron chi connectivity index (χ3n) is 5.42. The maximum Gasteiger partial charge on any atom is 0.289 e. The molecule has 1 heterocycles. The van der Waals surface area contributed by atoms with E-state index in [-0.39, 0.29) is 17.7 Å². The van der Waals surface area contributed by atoms with Crippen LogP contribution in [0, 0.1) is 6.92 Å². The highest BCUT2D eigenvalue weighted by Gasteiger charge is 2.39. The van der Waals surface area contributed by atoms with Crippen molar-refractivity contribution in [2.45, 2.75) is 31.7 Å². The second kappa shape index (κ2) is 10.3. The van der Waals surface area contributed by atoms with Gasteiger partial charge in [-0.25, -0.2) is 0 Å². The average Bonchev–Trinajstić information content (AvgIpc) is 3.07. The molecule has 1 atom stereocenters. The minimum absolute atomic E-state index is 0.182. The Bertz CT molecular complexity index is 1150. The lowest BCUT2D eigenvalue weighted by Gasteiger charge is -2.15. The Hall–Kier alpha value is -2.96. The monoisotopic (exact) mass is 481 g/mol. The van der Waals surface area contributed by atoms with Gasteiger partial charge in [-0.3, -0.25) is 14.5 Å². The second-order valence-electron chi connectivity index (χ2n) is 7.89. The fourth-order valence-corrected chi connectivity index (χ4v) is 4.72. The van der Waals surface area contributed by atoms with Crippen molar-refractivity contribution in [3.05, 3.63) is 94.0 Å². The highest BCUT2D eigenvalue weighted by molar-refractivity contribution is 8.15. The SMILES string of the molecule is COc1cc(C[C@H]2SC(=O)N(Cc3ccc(Cl)cc3)C2=O)ccc1OCc1ccc(C)cc1. The molecule has 1 aliphatic heterocycles. The van der Waals surface area contributed by atoms with Gasteiger partial charge in [0.2, 0.25) is 5.91 Å². The van der Waals surface area contributed by atoms with Crippen LogP contribution in [0.5, 0.6) is 11.5 Å². The van der Waals surface area contributed by atoms with Crippen LogP contribution in [-0.4, -0.2) is 28.4 Å². The molecule has 3 aromatic carbocycles. The molecule has 1 saturated heterocycles. The van der Waals surface area contributed by atoms with Crippen molar-refractivity contribution in [3.63, 3.8) is 0 Å². The molecule has 0 bridgehead atoms. The van der Waals surface area contributed by atoms with Crippen LogP contribution in [0.3, 0.4) is 0 Å². The summed E-state index contributed by atoms with van der Waals surface area (Å²) in [5.41, 5.74) is 4.03. The zero-order valence-corrected chi connectivity index (χ0v) is 20.0. The predicted octanol–water partition coefficient (Wildman–Crippen LogP) is 6.04. The zero-order valence-electron chi connectivity index (χ0n) is 18.4. The lowest BCUT2D eigenvalue weighted by Crippen LogP contribution is -2.31. The Morgan fingerprint density at radius 1 is 0.909 bits per heavy atom. The van der Waals surface area contributed by atoms with Crippen molar-refractivity contribution in [1.82, 2.24) is 4.90 Å². The van der Waals surface area contributed by atoms with Crippen molar-refractivity contribution in [3.8, 4) is 11.5 Å². The summed E-state index contributed by atoms with van der Waals surface area (Å²) < 4.78 is 11.5. The van der Waals surface area contributed by atoms with Gasteiger partial charge < -0.3 is 9.47 Å². The van der Waals surface area contributed by atoms with Gasteiger partial charge in [-0.1, -0.05) is 71.4 Å². The van der Waals surface area contributed by atoms with Crippen LogP contribution >= 0.6 is 23.4 Å². The van der Waals surface area contributed by atoms with Crippen LogP contribution < -0.4 is 9.47 Å². The molecule has 0 spiro atoms. The molecule has 7 heteroatoms. The molecule has 4 rings (SSSR count). The topological polar surface area (TPSA) is 55.8 Å². The van der Waals surface area contributed by atoms with Gasteiger partial charge in [0.15, 0.2) is 11.5 Å². The second-order valence-corrected chi connectivity index (χ2v) is 9.48. The number of carbonyl (C=O) groups is 2. The van der Waals surface area contributed by atoms with E-state index >= 15 is 0 Å². The summed E-state index contributed by atoms with van der Waals surface area (Å²) in [6, 6.07) is 20.9. The molecule has 0 radical (unpaired) electrons. The van der Waals surface area contributed by atoms with E-state index in [1.807, 2.05) is 61.5 Å². The van der Waals surface area contributed by atoms with Gasteiger partial charge in [0.1, 0.15) is 6.61 Å². The first-order valence-electron chi connectivity index (χ1n) is 10.5. The molecule has 3 aromatic rings. The number of hydrogen-bond acceptors (Lipinski definition) is 5. The summed E-state index contributed by atoms with van der Waals surface area (Å²) in [6.07, 6.45) is 0.432. The van der Waals surface area contributed by atoms with Gasteiger partial charge in [-0.15, -0.1) is 0 Å². The van der Waals surface area contributed by atoms with E-state index in [9.17, 15) is 9.59 Å². The third-order valence-corrected chi connectivity index (χ3v) is 6.75. The summed E-state index contributed by atoms with van der Waals surface area (Å²) >= 11 is 6.99. The Morgan fingerprint density at radius 2 is 1.58 bits per heavy atom. The van der Waals surface area contributed by atoms with Crippen LogP contribution in [0.25, 0.3) is 0 Å².